The third-order valence-electron chi connectivity index (χ3n) is 2.67. The van der Waals surface area contributed by atoms with Crippen LogP contribution in [0.1, 0.15) is 18.6 Å². The van der Waals surface area contributed by atoms with Crippen LogP contribution in [0.15, 0.2) is 47.1 Å². The minimum absolute atomic E-state index is 0.0518. The Balaban J connectivity index is 1.58. The summed E-state index contributed by atoms with van der Waals surface area (Å²) in [7, 11) is 0. The number of carbonyl (C=O) groups excluding carboxylic acids is 1. The molecule has 0 aliphatic carbocycles. The average molecular weight is 277 g/mol. The zero-order valence-corrected chi connectivity index (χ0v) is 11.0. The maximum Gasteiger partial charge on any atom is 0.220 e. The molecule has 2 aromatic rings. The number of ether oxygens (including phenoxy) is 1. The van der Waals surface area contributed by atoms with Crippen LogP contribution in [-0.2, 0) is 11.3 Å². The van der Waals surface area contributed by atoms with Crippen molar-refractivity contribution in [1.82, 2.24) is 5.32 Å². The molecule has 0 radical (unpaired) electrons. The van der Waals surface area contributed by atoms with Gasteiger partial charge in [-0.25, -0.2) is 4.39 Å². The van der Waals surface area contributed by atoms with Gasteiger partial charge in [-0.3, -0.25) is 4.79 Å². The molecule has 20 heavy (non-hydrogen) atoms. The Kier molecular flexibility index (Phi) is 5.17. The van der Waals surface area contributed by atoms with E-state index in [0.29, 0.717) is 31.7 Å². The van der Waals surface area contributed by atoms with Gasteiger partial charge in [0, 0.05) is 6.42 Å². The van der Waals surface area contributed by atoms with Crippen molar-refractivity contribution < 1.29 is 18.3 Å². The Hall–Kier alpha value is -2.30. The minimum atomic E-state index is -0.297. The first kappa shape index (κ1) is 14.1. The highest BCUT2D eigenvalue weighted by Gasteiger charge is 2.03. The molecular formula is C15H16FNO3. The molecule has 1 amide bonds. The number of nitrogens with one attached hydrogen (secondary N) is 1. The van der Waals surface area contributed by atoms with Gasteiger partial charge in [0.2, 0.25) is 5.91 Å². The van der Waals surface area contributed by atoms with E-state index in [4.69, 9.17) is 9.15 Å². The average Bonchev–Trinajstić information content (AvgIpc) is 2.96. The second-order valence-electron chi connectivity index (χ2n) is 4.26. The summed E-state index contributed by atoms with van der Waals surface area (Å²) in [6.45, 7) is 0.810. The van der Waals surface area contributed by atoms with Crippen molar-refractivity contribution in [2.75, 3.05) is 6.61 Å². The molecule has 4 nitrogen and oxygen atoms in total. The number of hydrogen-bond donors (Lipinski definition) is 1. The van der Waals surface area contributed by atoms with E-state index in [1.165, 1.54) is 12.1 Å². The number of rotatable bonds is 7. The van der Waals surface area contributed by atoms with Gasteiger partial charge in [0.05, 0.1) is 19.4 Å². The van der Waals surface area contributed by atoms with Gasteiger partial charge >= 0.3 is 0 Å². The van der Waals surface area contributed by atoms with Gasteiger partial charge < -0.3 is 14.5 Å². The smallest absolute Gasteiger partial charge is 0.220 e. The SMILES string of the molecule is O=C(CCCOc1ccc(F)cc1)NCc1ccco1. The second-order valence-corrected chi connectivity index (χ2v) is 4.26. The highest BCUT2D eigenvalue weighted by atomic mass is 19.1. The van der Waals surface area contributed by atoms with Crippen LogP contribution in [0, 0.1) is 5.82 Å². The molecule has 2 rings (SSSR count). The van der Waals surface area contributed by atoms with Gasteiger partial charge in [-0.2, -0.15) is 0 Å². The molecule has 0 unspecified atom stereocenters. The largest absolute Gasteiger partial charge is 0.494 e. The molecule has 0 aliphatic heterocycles. The van der Waals surface area contributed by atoms with Crippen LogP contribution in [0.3, 0.4) is 0 Å². The minimum Gasteiger partial charge on any atom is -0.494 e. The number of halogens is 1. The van der Waals surface area contributed by atoms with E-state index in [2.05, 4.69) is 5.32 Å². The van der Waals surface area contributed by atoms with E-state index < -0.39 is 0 Å². The molecule has 1 heterocycles. The van der Waals surface area contributed by atoms with Crippen LogP contribution in [0.25, 0.3) is 0 Å². The van der Waals surface area contributed by atoms with Crippen molar-refractivity contribution in [2.24, 2.45) is 0 Å². The Morgan fingerprint density at radius 1 is 1.25 bits per heavy atom. The molecule has 1 N–H and O–H groups in total. The monoisotopic (exact) mass is 277 g/mol. The van der Waals surface area contributed by atoms with Crippen molar-refractivity contribution in [1.29, 1.82) is 0 Å². The van der Waals surface area contributed by atoms with Gasteiger partial charge in [-0.15, -0.1) is 0 Å². The van der Waals surface area contributed by atoms with Crippen molar-refractivity contribution in [3.8, 4) is 5.75 Å². The summed E-state index contributed by atoms with van der Waals surface area (Å²) in [5.74, 6) is 0.974. The standard InChI is InChI=1S/C15H16FNO3/c16-12-5-7-13(8-6-12)19-10-2-4-15(18)17-11-14-3-1-9-20-14/h1,3,5-9H,2,4,10-11H2,(H,17,18). The third kappa shape index (κ3) is 4.76. The highest BCUT2D eigenvalue weighted by Crippen LogP contribution is 2.11. The molecule has 0 bridgehead atoms. The lowest BCUT2D eigenvalue weighted by Crippen LogP contribution is -2.22. The topological polar surface area (TPSA) is 51.5 Å². The van der Waals surface area contributed by atoms with Crippen LogP contribution in [0.4, 0.5) is 4.39 Å². The molecule has 0 fully saturated rings. The third-order valence-corrected chi connectivity index (χ3v) is 2.67. The van der Waals surface area contributed by atoms with Crippen molar-refractivity contribution in [3.05, 3.63) is 54.2 Å². The van der Waals surface area contributed by atoms with Gasteiger partial charge in [-0.1, -0.05) is 0 Å². The normalized spacial score (nSPS) is 10.2. The number of furan rings is 1. The maximum atomic E-state index is 12.7. The molecule has 0 saturated carbocycles. The summed E-state index contributed by atoms with van der Waals surface area (Å²) in [5.41, 5.74) is 0. The molecule has 0 spiro atoms. The molecule has 106 valence electrons. The highest BCUT2D eigenvalue weighted by molar-refractivity contribution is 5.75. The molecule has 0 saturated heterocycles. The molecule has 0 atom stereocenters. The van der Waals surface area contributed by atoms with E-state index in [1.807, 2.05) is 0 Å². The van der Waals surface area contributed by atoms with Crippen molar-refractivity contribution >= 4 is 5.91 Å². The van der Waals surface area contributed by atoms with Crippen molar-refractivity contribution in [3.63, 3.8) is 0 Å². The number of amides is 1. The summed E-state index contributed by atoms with van der Waals surface area (Å²) in [6, 6.07) is 9.38. The van der Waals surface area contributed by atoms with Gasteiger partial charge in [0.1, 0.15) is 17.3 Å². The first-order valence-corrected chi connectivity index (χ1v) is 6.41. The first-order valence-electron chi connectivity index (χ1n) is 6.41. The zero-order valence-electron chi connectivity index (χ0n) is 11.0. The van der Waals surface area contributed by atoms with Crippen LogP contribution in [-0.4, -0.2) is 12.5 Å². The van der Waals surface area contributed by atoms with Gasteiger partial charge in [0.15, 0.2) is 0 Å². The number of carbonyl (C=O) groups is 1. The zero-order chi connectivity index (χ0) is 14.2. The molecule has 1 aromatic heterocycles. The number of hydrogen-bond acceptors (Lipinski definition) is 3. The Morgan fingerprint density at radius 3 is 2.75 bits per heavy atom. The van der Waals surface area contributed by atoms with Crippen LogP contribution in [0.5, 0.6) is 5.75 Å². The van der Waals surface area contributed by atoms with E-state index in [9.17, 15) is 9.18 Å². The summed E-state index contributed by atoms with van der Waals surface area (Å²) in [4.78, 5) is 11.5. The van der Waals surface area contributed by atoms with Gasteiger partial charge in [0.25, 0.3) is 0 Å². The van der Waals surface area contributed by atoms with Crippen LogP contribution < -0.4 is 10.1 Å². The summed E-state index contributed by atoms with van der Waals surface area (Å²) in [6.07, 6.45) is 2.54. The summed E-state index contributed by atoms with van der Waals surface area (Å²) in [5, 5.41) is 2.75. The molecule has 1 aromatic carbocycles. The molecule has 5 heteroatoms. The fraction of sp³-hybridized carbons (Fsp3) is 0.267. The lowest BCUT2D eigenvalue weighted by Gasteiger charge is -2.06. The van der Waals surface area contributed by atoms with Crippen LogP contribution >= 0.6 is 0 Å². The number of benzene rings is 1. The maximum absolute atomic E-state index is 12.7. The van der Waals surface area contributed by atoms with Crippen LogP contribution in [0.2, 0.25) is 0 Å². The fourth-order valence-electron chi connectivity index (χ4n) is 1.64. The summed E-state index contributed by atoms with van der Waals surface area (Å²) < 4.78 is 23.2. The second kappa shape index (κ2) is 7.33. The van der Waals surface area contributed by atoms with E-state index >= 15 is 0 Å². The Morgan fingerprint density at radius 2 is 2.05 bits per heavy atom. The van der Waals surface area contributed by atoms with E-state index in [1.54, 1.807) is 30.5 Å². The summed E-state index contributed by atoms with van der Waals surface area (Å²) >= 11 is 0. The predicted molar refractivity (Wildman–Crippen MR) is 71.7 cm³/mol. The Labute approximate surface area is 116 Å². The lowest BCUT2D eigenvalue weighted by atomic mass is 10.3. The Bertz CT molecular complexity index is 523. The predicted octanol–water partition coefficient (Wildman–Crippen LogP) is 2.89. The van der Waals surface area contributed by atoms with E-state index in [0.717, 1.165) is 5.76 Å². The van der Waals surface area contributed by atoms with Gasteiger partial charge in [-0.05, 0) is 42.8 Å². The van der Waals surface area contributed by atoms with Crippen molar-refractivity contribution in [2.45, 2.75) is 19.4 Å². The quantitative estimate of drug-likeness (QED) is 0.792. The fourth-order valence-corrected chi connectivity index (χ4v) is 1.64. The van der Waals surface area contributed by atoms with E-state index in [-0.39, 0.29) is 11.7 Å². The first-order chi connectivity index (χ1) is 9.74. The molecular weight excluding hydrogens is 261 g/mol. The molecule has 0 aliphatic rings. The lowest BCUT2D eigenvalue weighted by molar-refractivity contribution is -0.121.